The van der Waals surface area contributed by atoms with Crippen LogP contribution in [-0.4, -0.2) is 16.5 Å². The van der Waals surface area contributed by atoms with Gasteiger partial charge in [0.1, 0.15) is 5.82 Å². The first-order valence-electron chi connectivity index (χ1n) is 6.53. The summed E-state index contributed by atoms with van der Waals surface area (Å²) in [6.07, 6.45) is 3.87. The molecule has 3 rings (SSSR count). The van der Waals surface area contributed by atoms with Crippen LogP contribution in [0.3, 0.4) is 0 Å². The fourth-order valence-electron chi connectivity index (χ4n) is 2.13. The van der Waals surface area contributed by atoms with E-state index in [1.807, 2.05) is 0 Å². The summed E-state index contributed by atoms with van der Waals surface area (Å²) in [7, 11) is 0. The van der Waals surface area contributed by atoms with Crippen molar-refractivity contribution in [2.75, 3.05) is 6.54 Å². The quantitative estimate of drug-likeness (QED) is 0.827. The Bertz CT molecular complexity index is 511. The average molecular weight is 229 g/mol. The van der Waals surface area contributed by atoms with E-state index in [-0.39, 0.29) is 0 Å². The molecule has 3 nitrogen and oxygen atoms in total. The molecule has 1 aromatic carbocycles. The number of aromatic nitrogens is 2. The van der Waals surface area contributed by atoms with E-state index < -0.39 is 0 Å². The average Bonchev–Trinajstić information content (AvgIpc) is 3.07. The minimum Gasteiger partial charge on any atom is -0.341 e. The molecular weight excluding hydrogens is 210 g/mol. The van der Waals surface area contributed by atoms with E-state index in [0.29, 0.717) is 0 Å². The Morgan fingerprint density at radius 2 is 2.29 bits per heavy atom. The number of benzene rings is 1. The fraction of sp³-hybridized carbons (Fsp3) is 0.500. The monoisotopic (exact) mass is 229 g/mol. The van der Waals surface area contributed by atoms with Gasteiger partial charge in [-0.3, -0.25) is 0 Å². The number of hydrogen-bond donors (Lipinski definition) is 2. The van der Waals surface area contributed by atoms with E-state index in [1.54, 1.807) is 0 Å². The highest BCUT2D eigenvalue weighted by Crippen LogP contribution is 2.27. The lowest BCUT2D eigenvalue weighted by atomic mass is 10.1. The molecule has 1 aromatic heterocycles. The lowest BCUT2D eigenvalue weighted by Gasteiger charge is -1.99. The molecule has 0 saturated heterocycles. The molecule has 17 heavy (non-hydrogen) atoms. The van der Waals surface area contributed by atoms with Gasteiger partial charge in [-0.15, -0.1) is 0 Å². The minimum absolute atomic E-state index is 0.854. The van der Waals surface area contributed by atoms with Crippen molar-refractivity contribution in [1.82, 2.24) is 15.3 Å². The number of nitrogens with zero attached hydrogens (tertiary/aromatic N) is 1. The summed E-state index contributed by atoms with van der Waals surface area (Å²) in [5.74, 6) is 1.97. The summed E-state index contributed by atoms with van der Waals surface area (Å²) in [4.78, 5) is 7.98. The number of H-pyrrole nitrogens is 1. The number of rotatable bonds is 5. The normalized spacial score (nSPS) is 15.6. The lowest BCUT2D eigenvalue weighted by Crippen LogP contribution is -2.16. The molecule has 90 valence electrons. The molecule has 0 aliphatic heterocycles. The summed E-state index contributed by atoms with van der Waals surface area (Å²) < 4.78 is 0. The Morgan fingerprint density at radius 1 is 1.41 bits per heavy atom. The van der Waals surface area contributed by atoms with Gasteiger partial charge in [-0.05, 0) is 49.4 Å². The maximum atomic E-state index is 4.59. The first-order chi connectivity index (χ1) is 8.35. The molecule has 1 fully saturated rings. The molecule has 0 radical (unpaired) electrons. The van der Waals surface area contributed by atoms with Crippen molar-refractivity contribution in [2.45, 2.75) is 32.7 Å². The Kier molecular flexibility index (Phi) is 2.85. The molecule has 0 amide bonds. The Morgan fingerprint density at radius 3 is 3.06 bits per heavy atom. The molecule has 3 heteroatoms. The van der Waals surface area contributed by atoms with Crippen LogP contribution in [0, 0.1) is 5.92 Å². The summed E-state index contributed by atoms with van der Waals surface area (Å²) in [6, 6.07) is 6.46. The van der Waals surface area contributed by atoms with Crippen molar-refractivity contribution in [3.63, 3.8) is 0 Å². The molecule has 0 bridgehead atoms. The Labute approximate surface area is 102 Å². The number of fused-ring (bicyclic) bond motifs is 1. The van der Waals surface area contributed by atoms with E-state index in [1.165, 1.54) is 18.4 Å². The van der Waals surface area contributed by atoms with Crippen LogP contribution in [0.4, 0.5) is 0 Å². The van der Waals surface area contributed by atoms with Gasteiger partial charge in [-0.2, -0.15) is 0 Å². The van der Waals surface area contributed by atoms with Gasteiger partial charge < -0.3 is 10.3 Å². The van der Waals surface area contributed by atoms with Crippen molar-refractivity contribution in [3.8, 4) is 0 Å². The van der Waals surface area contributed by atoms with Crippen LogP contribution >= 0.6 is 0 Å². The SMILES string of the molecule is CCc1ccc2nc(CNCC3CC3)[nH]c2c1. The zero-order chi connectivity index (χ0) is 11.7. The molecule has 0 unspecified atom stereocenters. The van der Waals surface area contributed by atoms with Crippen molar-refractivity contribution in [2.24, 2.45) is 5.92 Å². The number of aromatic amines is 1. The minimum atomic E-state index is 0.854. The molecule has 2 aromatic rings. The van der Waals surface area contributed by atoms with Crippen LogP contribution < -0.4 is 5.32 Å². The van der Waals surface area contributed by atoms with Crippen LogP contribution in [0.5, 0.6) is 0 Å². The van der Waals surface area contributed by atoms with Gasteiger partial charge in [0, 0.05) is 0 Å². The Balaban J connectivity index is 1.71. The van der Waals surface area contributed by atoms with Crippen LogP contribution in [0.1, 0.15) is 31.2 Å². The fourth-order valence-corrected chi connectivity index (χ4v) is 2.13. The molecule has 1 aliphatic rings. The highest BCUT2D eigenvalue weighted by molar-refractivity contribution is 5.75. The summed E-state index contributed by atoms with van der Waals surface area (Å²) >= 11 is 0. The van der Waals surface area contributed by atoms with Gasteiger partial charge in [0.2, 0.25) is 0 Å². The standard InChI is InChI=1S/C14H19N3/c1-2-10-5-6-12-13(7-10)17-14(16-12)9-15-8-11-3-4-11/h5-7,11,15H,2-4,8-9H2,1H3,(H,16,17). The maximum Gasteiger partial charge on any atom is 0.121 e. The molecule has 0 atom stereocenters. The smallest absolute Gasteiger partial charge is 0.121 e. The maximum absolute atomic E-state index is 4.59. The second kappa shape index (κ2) is 4.49. The molecule has 1 saturated carbocycles. The first-order valence-corrected chi connectivity index (χ1v) is 6.53. The van der Waals surface area contributed by atoms with Gasteiger partial charge in [0.05, 0.1) is 17.6 Å². The summed E-state index contributed by atoms with van der Waals surface area (Å²) in [6.45, 7) is 4.17. The van der Waals surface area contributed by atoms with Gasteiger partial charge >= 0.3 is 0 Å². The van der Waals surface area contributed by atoms with E-state index in [4.69, 9.17) is 0 Å². The number of aryl methyl sites for hydroxylation is 1. The third kappa shape index (κ3) is 2.50. The van der Waals surface area contributed by atoms with Crippen molar-refractivity contribution >= 4 is 11.0 Å². The zero-order valence-electron chi connectivity index (χ0n) is 10.3. The van der Waals surface area contributed by atoms with E-state index in [0.717, 1.165) is 42.3 Å². The number of nitrogens with one attached hydrogen (secondary N) is 2. The predicted octanol–water partition coefficient (Wildman–Crippen LogP) is 2.62. The topological polar surface area (TPSA) is 40.7 Å². The second-order valence-corrected chi connectivity index (χ2v) is 4.96. The van der Waals surface area contributed by atoms with E-state index in [2.05, 4.69) is 40.4 Å². The van der Waals surface area contributed by atoms with Gasteiger partial charge in [0.25, 0.3) is 0 Å². The molecular formula is C14H19N3. The second-order valence-electron chi connectivity index (χ2n) is 4.96. The summed E-state index contributed by atoms with van der Waals surface area (Å²) in [5.41, 5.74) is 3.59. The highest BCUT2D eigenvalue weighted by atomic mass is 15.0. The highest BCUT2D eigenvalue weighted by Gasteiger charge is 2.20. The van der Waals surface area contributed by atoms with Crippen LogP contribution in [-0.2, 0) is 13.0 Å². The van der Waals surface area contributed by atoms with Gasteiger partial charge in [-0.1, -0.05) is 13.0 Å². The van der Waals surface area contributed by atoms with Crippen LogP contribution in [0.2, 0.25) is 0 Å². The van der Waals surface area contributed by atoms with Crippen molar-refractivity contribution < 1.29 is 0 Å². The van der Waals surface area contributed by atoms with Gasteiger partial charge in [0.15, 0.2) is 0 Å². The molecule has 0 spiro atoms. The predicted molar refractivity (Wildman–Crippen MR) is 69.9 cm³/mol. The number of hydrogen-bond acceptors (Lipinski definition) is 2. The van der Waals surface area contributed by atoms with E-state index >= 15 is 0 Å². The summed E-state index contributed by atoms with van der Waals surface area (Å²) in [5, 5.41) is 3.46. The third-order valence-electron chi connectivity index (χ3n) is 3.43. The first kappa shape index (κ1) is 10.8. The molecule has 1 aliphatic carbocycles. The van der Waals surface area contributed by atoms with Crippen LogP contribution in [0.15, 0.2) is 18.2 Å². The van der Waals surface area contributed by atoms with Crippen molar-refractivity contribution in [1.29, 1.82) is 0 Å². The lowest BCUT2D eigenvalue weighted by molar-refractivity contribution is 0.624. The molecule has 2 N–H and O–H groups in total. The third-order valence-corrected chi connectivity index (χ3v) is 3.43. The largest absolute Gasteiger partial charge is 0.341 e. The van der Waals surface area contributed by atoms with Crippen molar-refractivity contribution in [3.05, 3.63) is 29.6 Å². The molecule has 1 heterocycles. The van der Waals surface area contributed by atoms with Crippen LogP contribution in [0.25, 0.3) is 11.0 Å². The zero-order valence-corrected chi connectivity index (χ0v) is 10.3. The van der Waals surface area contributed by atoms with E-state index in [9.17, 15) is 0 Å². The number of imidazole rings is 1. The van der Waals surface area contributed by atoms with Gasteiger partial charge in [-0.25, -0.2) is 4.98 Å². The Hall–Kier alpha value is -1.35.